The third-order valence-electron chi connectivity index (χ3n) is 0. The van der Waals surface area contributed by atoms with Crippen LogP contribution in [0.15, 0.2) is 0 Å². The zero-order valence-electron chi connectivity index (χ0n) is 3.76. The quantitative estimate of drug-likeness (QED) is 0.286. The van der Waals surface area contributed by atoms with E-state index in [1.807, 2.05) is 0 Å². The SMILES string of the molecule is N.N.O=S(=O)([O-])[O-].[Cu+2]. The average Bonchev–Trinajstić information content (AvgIpc) is 0.722. The van der Waals surface area contributed by atoms with Crippen LogP contribution in [0.5, 0.6) is 0 Å². The van der Waals surface area contributed by atoms with Gasteiger partial charge in [0.2, 0.25) is 0 Å². The van der Waals surface area contributed by atoms with Crippen LogP contribution in [0.1, 0.15) is 0 Å². The van der Waals surface area contributed by atoms with Crippen LogP contribution in [0.2, 0.25) is 0 Å². The van der Waals surface area contributed by atoms with Gasteiger partial charge in [-0.25, -0.2) is 0 Å². The van der Waals surface area contributed by atoms with Crippen LogP contribution < -0.4 is 12.3 Å². The van der Waals surface area contributed by atoms with Gasteiger partial charge in [-0.2, -0.15) is 0 Å². The van der Waals surface area contributed by atoms with Crippen LogP contribution in [-0.2, 0) is 27.5 Å². The summed E-state index contributed by atoms with van der Waals surface area (Å²) in [4.78, 5) is 0. The Bertz CT molecular complexity index is 97.2. The third kappa shape index (κ3) is 1860. The molecule has 0 unspecified atom stereocenters. The summed E-state index contributed by atoms with van der Waals surface area (Å²) in [6, 6.07) is 0. The monoisotopic (exact) mass is 193 g/mol. The summed E-state index contributed by atoms with van der Waals surface area (Å²) in [6.45, 7) is 0. The summed E-state index contributed by atoms with van der Waals surface area (Å²) in [5.41, 5.74) is 0. The molecule has 57 valence electrons. The Labute approximate surface area is 57.9 Å². The van der Waals surface area contributed by atoms with E-state index in [1.165, 1.54) is 0 Å². The van der Waals surface area contributed by atoms with E-state index in [4.69, 9.17) is 17.5 Å². The molecular formula is H6CuN2O4S. The smallest absolute Gasteiger partial charge is 0.759 e. The van der Waals surface area contributed by atoms with Gasteiger partial charge in [0.15, 0.2) is 0 Å². The minimum Gasteiger partial charge on any atom is -0.759 e. The van der Waals surface area contributed by atoms with Crippen molar-refractivity contribution in [3.63, 3.8) is 0 Å². The summed E-state index contributed by atoms with van der Waals surface area (Å²) >= 11 is 0. The van der Waals surface area contributed by atoms with Gasteiger partial charge in [0.1, 0.15) is 0 Å². The van der Waals surface area contributed by atoms with Crippen molar-refractivity contribution in [2.24, 2.45) is 0 Å². The van der Waals surface area contributed by atoms with E-state index in [0.717, 1.165) is 0 Å². The molecule has 0 aliphatic heterocycles. The number of rotatable bonds is 0. The fourth-order valence-corrected chi connectivity index (χ4v) is 0. The van der Waals surface area contributed by atoms with Gasteiger partial charge in [0.25, 0.3) is 0 Å². The van der Waals surface area contributed by atoms with Crippen molar-refractivity contribution in [3.05, 3.63) is 0 Å². The summed E-state index contributed by atoms with van der Waals surface area (Å²) in [5, 5.41) is 0. The number of hydrogen-bond acceptors (Lipinski definition) is 6. The van der Waals surface area contributed by atoms with Gasteiger partial charge in [-0.15, -0.1) is 0 Å². The largest absolute Gasteiger partial charge is 2.00 e. The molecule has 0 saturated heterocycles. The van der Waals surface area contributed by atoms with Gasteiger partial charge in [-0.1, -0.05) is 0 Å². The van der Waals surface area contributed by atoms with E-state index in [9.17, 15) is 0 Å². The first-order valence-electron chi connectivity index (χ1n) is 0.667. The second-order valence-corrected chi connectivity index (χ2v) is 1.22. The van der Waals surface area contributed by atoms with E-state index in [1.54, 1.807) is 0 Å². The molecule has 0 fully saturated rings. The van der Waals surface area contributed by atoms with Crippen molar-refractivity contribution in [1.29, 1.82) is 0 Å². The van der Waals surface area contributed by atoms with Crippen molar-refractivity contribution in [2.75, 3.05) is 0 Å². The van der Waals surface area contributed by atoms with Crippen LogP contribution in [0, 0.1) is 0 Å². The van der Waals surface area contributed by atoms with Crippen molar-refractivity contribution in [1.82, 2.24) is 12.3 Å². The maximum Gasteiger partial charge on any atom is 2.00 e. The molecule has 0 heterocycles. The van der Waals surface area contributed by atoms with Crippen LogP contribution in [0.3, 0.4) is 0 Å². The fourth-order valence-electron chi connectivity index (χ4n) is 0. The normalized spacial score (nSPS) is 7.25. The maximum absolute atomic E-state index is 8.52. The molecule has 0 bridgehead atoms. The first-order valence-corrected chi connectivity index (χ1v) is 2.00. The molecule has 0 spiro atoms. The fraction of sp³-hybridized carbons (Fsp3) is 0. The van der Waals surface area contributed by atoms with Gasteiger partial charge >= 0.3 is 17.1 Å². The standard InChI is InChI=1S/Cu.2H3N.H2O4S/c;;;1-5(2,3)4/h;2*1H3;(H2,1,2,3,4)/q+2;;;/p-2. The predicted molar refractivity (Wildman–Crippen MR) is 20.5 cm³/mol. The average molecular weight is 194 g/mol. The molecule has 8 heteroatoms. The molecule has 1 radical (unpaired) electrons. The third-order valence-corrected chi connectivity index (χ3v) is 0. The Morgan fingerprint density at radius 1 is 1.00 bits per heavy atom. The summed E-state index contributed by atoms with van der Waals surface area (Å²) in [7, 11) is -5.17. The van der Waals surface area contributed by atoms with Crippen molar-refractivity contribution in [3.8, 4) is 0 Å². The Morgan fingerprint density at radius 2 is 1.00 bits per heavy atom. The zero-order valence-corrected chi connectivity index (χ0v) is 5.52. The molecule has 8 heavy (non-hydrogen) atoms. The summed E-state index contributed by atoms with van der Waals surface area (Å²) in [5.74, 6) is 0. The predicted octanol–water partition coefficient (Wildman–Crippen LogP) is -1.02. The zero-order chi connectivity index (χ0) is 4.50. The Hall–Kier alpha value is 0.309. The van der Waals surface area contributed by atoms with Gasteiger partial charge in [-0.3, -0.25) is 8.42 Å². The minimum absolute atomic E-state index is 0. The molecule has 0 saturated carbocycles. The Balaban J connectivity index is -0.0000000267. The summed E-state index contributed by atoms with van der Waals surface area (Å²) < 4.78 is 34.1. The molecule has 0 aromatic carbocycles. The molecule has 0 aromatic rings. The molecule has 0 amide bonds. The van der Waals surface area contributed by atoms with E-state index in [0.29, 0.717) is 0 Å². The van der Waals surface area contributed by atoms with E-state index in [2.05, 4.69) is 0 Å². The molecule has 0 aliphatic rings. The topological polar surface area (TPSA) is 150 Å². The van der Waals surface area contributed by atoms with Crippen molar-refractivity contribution >= 4 is 10.4 Å². The number of hydrogen-bond donors (Lipinski definition) is 2. The van der Waals surface area contributed by atoms with Crippen molar-refractivity contribution in [2.45, 2.75) is 0 Å². The van der Waals surface area contributed by atoms with Gasteiger partial charge in [0, 0.05) is 10.4 Å². The second-order valence-electron chi connectivity index (χ2n) is 0.408. The van der Waals surface area contributed by atoms with E-state index >= 15 is 0 Å². The molecular weight excluding hydrogens is 188 g/mol. The molecule has 6 N–H and O–H groups in total. The van der Waals surface area contributed by atoms with Gasteiger partial charge in [-0.05, 0) is 0 Å². The van der Waals surface area contributed by atoms with Crippen LogP contribution in [0.4, 0.5) is 0 Å². The van der Waals surface area contributed by atoms with E-state index < -0.39 is 10.4 Å². The van der Waals surface area contributed by atoms with Gasteiger partial charge < -0.3 is 21.4 Å². The minimum atomic E-state index is -5.17. The molecule has 0 atom stereocenters. The molecule has 0 aliphatic carbocycles. The Morgan fingerprint density at radius 3 is 1.00 bits per heavy atom. The molecule has 6 nitrogen and oxygen atoms in total. The second kappa shape index (κ2) is 7.31. The van der Waals surface area contributed by atoms with Crippen LogP contribution in [-0.4, -0.2) is 17.5 Å². The van der Waals surface area contributed by atoms with E-state index in [-0.39, 0.29) is 29.4 Å². The summed E-state index contributed by atoms with van der Waals surface area (Å²) in [6.07, 6.45) is 0. The van der Waals surface area contributed by atoms with Crippen molar-refractivity contribution < 1.29 is 34.6 Å². The first kappa shape index (κ1) is 23.9. The van der Waals surface area contributed by atoms with Crippen LogP contribution >= 0.6 is 0 Å². The first-order chi connectivity index (χ1) is 2.00. The van der Waals surface area contributed by atoms with Crippen LogP contribution in [0.25, 0.3) is 0 Å². The molecule has 0 aromatic heterocycles. The maximum atomic E-state index is 8.52. The Kier molecular flexibility index (Phi) is 21.8. The molecule has 0 rings (SSSR count). The van der Waals surface area contributed by atoms with Gasteiger partial charge in [0.05, 0.1) is 0 Å².